The van der Waals surface area contributed by atoms with Crippen molar-refractivity contribution in [1.29, 1.82) is 0 Å². The fourth-order valence-electron chi connectivity index (χ4n) is 2.87. The molecule has 118 valence electrons. The zero-order chi connectivity index (χ0) is 16.3. The topological polar surface area (TPSA) is 38.1 Å². The molecule has 1 aromatic carbocycles. The summed E-state index contributed by atoms with van der Waals surface area (Å²) in [5, 5.41) is 4.42. The standard InChI is InChI=1S/C18H25N3O/c1-6-16(15-10-8-7-9-11-15)18(22)20(4)12-17-13(2)19-21(5)14(17)3/h7-11,16H,6,12H2,1-5H3/t16-/m0/s1. The summed E-state index contributed by atoms with van der Waals surface area (Å²) in [7, 11) is 3.81. The van der Waals surface area contributed by atoms with Crippen LogP contribution < -0.4 is 0 Å². The summed E-state index contributed by atoms with van der Waals surface area (Å²) < 4.78 is 1.87. The summed E-state index contributed by atoms with van der Waals surface area (Å²) in [6.45, 7) is 6.70. The molecule has 0 bridgehead atoms. The Bertz CT molecular complexity index is 646. The lowest BCUT2D eigenvalue weighted by Gasteiger charge is -2.23. The molecule has 0 fully saturated rings. The van der Waals surface area contributed by atoms with E-state index in [1.54, 1.807) is 0 Å². The van der Waals surface area contributed by atoms with Gasteiger partial charge in [0, 0.05) is 31.9 Å². The van der Waals surface area contributed by atoms with Crippen LogP contribution in [0.3, 0.4) is 0 Å². The van der Waals surface area contributed by atoms with E-state index < -0.39 is 0 Å². The Hall–Kier alpha value is -2.10. The van der Waals surface area contributed by atoms with Gasteiger partial charge < -0.3 is 4.90 Å². The zero-order valence-corrected chi connectivity index (χ0v) is 14.1. The first kappa shape index (κ1) is 16.3. The SMILES string of the molecule is CC[C@H](C(=O)N(C)Cc1c(C)nn(C)c1C)c1ccccc1. The van der Waals surface area contributed by atoms with Crippen LogP contribution in [0.2, 0.25) is 0 Å². The summed E-state index contributed by atoms with van der Waals surface area (Å²) in [5.41, 5.74) is 4.33. The molecule has 1 heterocycles. The third kappa shape index (κ3) is 3.21. The number of benzene rings is 1. The van der Waals surface area contributed by atoms with Crippen molar-refractivity contribution in [2.75, 3.05) is 7.05 Å². The minimum Gasteiger partial charge on any atom is -0.341 e. The molecule has 2 aromatic rings. The van der Waals surface area contributed by atoms with Crippen molar-refractivity contribution < 1.29 is 4.79 Å². The van der Waals surface area contributed by atoms with Crippen LogP contribution in [0.4, 0.5) is 0 Å². The smallest absolute Gasteiger partial charge is 0.230 e. The molecule has 0 N–H and O–H groups in total. The maximum Gasteiger partial charge on any atom is 0.230 e. The van der Waals surface area contributed by atoms with Gasteiger partial charge in [-0.25, -0.2) is 0 Å². The molecule has 0 spiro atoms. The van der Waals surface area contributed by atoms with E-state index in [9.17, 15) is 4.79 Å². The second-order valence-corrected chi connectivity index (χ2v) is 5.84. The summed E-state index contributed by atoms with van der Waals surface area (Å²) in [4.78, 5) is 14.6. The number of hydrogen-bond acceptors (Lipinski definition) is 2. The van der Waals surface area contributed by atoms with E-state index in [1.165, 1.54) is 0 Å². The van der Waals surface area contributed by atoms with E-state index in [2.05, 4.69) is 12.0 Å². The van der Waals surface area contributed by atoms with Crippen LogP contribution in [0.15, 0.2) is 30.3 Å². The maximum atomic E-state index is 12.8. The van der Waals surface area contributed by atoms with E-state index in [0.29, 0.717) is 6.54 Å². The van der Waals surface area contributed by atoms with Gasteiger partial charge >= 0.3 is 0 Å². The zero-order valence-electron chi connectivity index (χ0n) is 14.1. The van der Waals surface area contributed by atoms with Crippen LogP contribution in [0.25, 0.3) is 0 Å². The van der Waals surface area contributed by atoms with Gasteiger partial charge in [0.05, 0.1) is 11.6 Å². The maximum absolute atomic E-state index is 12.8. The molecule has 0 radical (unpaired) electrons. The van der Waals surface area contributed by atoms with Gasteiger partial charge in [-0.1, -0.05) is 37.3 Å². The molecule has 0 unspecified atom stereocenters. The Morgan fingerprint density at radius 1 is 1.27 bits per heavy atom. The minimum atomic E-state index is -0.0801. The molecule has 0 saturated carbocycles. The number of hydrogen-bond donors (Lipinski definition) is 0. The van der Waals surface area contributed by atoms with Gasteiger partial charge in [-0.2, -0.15) is 5.10 Å². The number of amides is 1. The van der Waals surface area contributed by atoms with Crippen LogP contribution in [0.1, 0.15) is 41.8 Å². The first-order valence-electron chi connectivity index (χ1n) is 7.74. The van der Waals surface area contributed by atoms with Crippen molar-refractivity contribution in [3.63, 3.8) is 0 Å². The summed E-state index contributed by atoms with van der Waals surface area (Å²) >= 11 is 0. The molecule has 1 atom stereocenters. The van der Waals surface area contributed by atoms with E-state index in [4.69, 9.17) is 0 Å². The summed E-state index contributed by atoms with van der Waals surface area (Å²) in [5.74, 6) is 0.0832. The molecule has 1 amide bonds. The highest BCUT2D eigenvalue weighted by Gasteiger charge is 2.23. The molecule has 0 aliphatic rings. The van der Waals surface area contributed by atoms with E-state index in [0.717, 1.165) is 28.9 Å². The van der Waals surface area contributed by atoms with Gasteiger partial charge in [0.25, 0.3) is 0 Å². The third-order valence-corrected chi connectivity index (χ3v) is 4.34. The third-order valence-electron chi connectivity index (χ3n) is 4.34. The van der Waals surface area contributed by atoms with Crippen molar-refractivity contribution in [1.82, 2.24) is 14.7 Å². The number of carbonyl (C=O) groups is 1. The lowest BCUT2D eigenvalue weighted by Crippen LogP contribution is -2.31. The summed E-state index contributed by atoms with van der Waals surface area (Å²) in [6, 6.07) is 10.0. The first-order chi connectivity index (χ1) is 10.5. The predicted molar refractivity (Wildman–Crippen MR) is 88.6 cm³/mol. The lowest BCUT2D eigenvalue weighted by atomic mass is 9.95. The van der Waals surface area contributed by atoms with Crippen LogP contribution in [-0.2, 0) is 18.4 Å². The Balaban J connectivity index is 2.17. The minimum absolute atomic E-state index is 0.0801. The average Bonchev–Trinajstić information content (AvgIpc) is 2.75. The van der Waals surface area contributed by atoms with Gasteiger partial charge in [0.15, 0.2) is 0 Å². The van der Waals surface area contributed by atoms with Gasteiger partial charge in [0.2, 0.25) is 5.91 Å². The number of likely N-dealkylation sites (N-methyl/N-ethyl adjacent to an activating group) is 1. The molecule has 4 heteroatoms. The number of carbonyl (C=O) groups excluding carboxylic acids is 1. The number of nitrogens with zero attached hydrogens (tertiary/aromatic N) is 3. The largest absolute Gasteiger partial charge is 0.341 e. The Morgan fingerprint density at radius 2 is 1.91 bits per heavy atom. The molecule has 0 aliphatic carbocycles. The van der Waals surface area contributed by atoms with Crippen molar-refractivity contribution in [3.05, 3.63) is 52.8 Å². The van der Waals surface area contributed by atoms with E-state index >= 15 is 0 Å². The van der Waals surface area contributed by atoms with Crippen molar-refractivity contribution in [2.24, 2.45) is 7.05 Å². The lowest BCUT2D eigenvalue weighted by molar-refractivity contribution is -0.132. The summed E-state index contributed by atoms with van der Waals surface area (Å²) in [6.07, 6.45) is 0.804. The number of aryl methyl sites for hydroxylation is 2. The molecule has 0 saturated heterocycles. The molecule has 2 rings (SSSR count). The second kappa shape index (κ2) is 6.77. The van der Waals surface area contributed by atoms with Crippen LogP contribution in [0.5, 0.6) is 0 Å². The fourth-order valence-corrected chi connectivity index (χ4v) is 2.87. The fraction of sp³-hybridized carbons (Fsp3) is 0.444. The molecular formula is C18H25N3O. The van der Waals surface area contributed by atoms with Crippen LogP contribution >= 0.6 is 0 Å². The van der Waals surface area contributed by atoms with Crippen molar-refractivity contribution in [2.45, 2.75) is 39.7 Å². The average molecular weight is 299 g/mol. The Labute approximate surface area is 132 Å². The van der Waals surface area contributed by atoms with Gasteiger partial charge in [-0.3, -0.25) is 9.48 Å². The highest BCUT2D eigenvalue weighted by molar-refractivity contribution is 5.83. The molecule has 0 aliphatic heterocycles. The molecular weight excluding hydrogens is 274 g/mol. The first-order valence-corrected chi connectivity index (χ1v) is 7.74. The molecule has 1 aromatic heterocycles. The Morgan fingerprint density at radius 3 is 2.41 bits per heavy atom. The van der Waals surface area contributed by atoms with Gasteiger partial charge in [-0.05, 0) is 25.8 Å². The van der Waals surface area contributed by atoms with E-state index in [1.807, 2.05) is 67.9 Å². The number of aromatic nitrogens is 2. The predicted octanol–water partition coefficient (Wildman–Crippen LogP) is 3.19. The monoisotopic (exact) mass is 299 g/mol. The van der Waals surface area contributed by atoms with Crippen molar-refractivity contribution in [3.8, 4) is 0 Å². The van der Waals surface area contributed by atoms with Crippen LogP contribution in [0, 0.1) is 13.8 Å². The second-order valence-electron chi connectivity index (χ2n) is 5.84. The molecule has 4 nitrogen and oxygen atoms in total. The number of rotatable bonds is 5. The quantitative estimate of drug-likeness (QED) is 0.850. The van der Waals surface area contributed by atoms with E-state index in [-0.39, 0.29) is 11.8 Å². The highest BCUT2D eigenvalue weighted by atomic mass is 16.2. The van der Waals surface area contributed by atoms with Gasteiger partial charge in [0.1, 0.15) is 0 Å². The van der Waals surface area contributed by atoms with Crippen LogP contribution in [-0.4, -0.2) is 27.6 Å². The Kier molecular flexibility index (Phi) is 5.01. The van der Waals surface area contributed by atoms with Crippen molar-refractivity contribution >= 4 is 5.91 Å². The normalized spacial score (nSPS) is 12.2. The molecule has 22 heavy (non-hydrogen) atoms. The van der Waals surface area contributed by atoms with Gasteiger partial charge in [-0.15, -0.1) is 0 Å². The highest BCUT2D eigenvalue weighted by Crippen LogP contribution is 2.23.